The minimum atomic E-state index is -1.08. The summed E-state index contributed by atoms with van der Waals surface area (Å²) in [7, 11) is 1.73. The molecule has 1 N–H and O–H groups in total. The minimum Gasteiger partial charge on any atom is -0.396 e. The van der Waals surface area contributed by atoms with Gasteiger partial charge in [0.15, 0.2) is 0 Å². The smallest absolute Gasteiger partial charge is 0.253 e. The van der Waals surface area contributed by atoms with E-state index in [-0.39, 0.29) is 30.9 Å². The Kier molecular flexibility index (Phi) is 9.09. The molecule has 2 aromatic carbocycles. The highest BCUT2D eigenvalue weighted by atomic mass is 16.5. The number of rotatable bonds is 14. The molecule has 3 heterocycles. The molecule has 2 unspecified atom stereocenters. The van der Waals surface area contributed by atoms with E-state index in [9.17, 15) is 19.5 Å². The maximum atomic E-state index is 14.9. The summed E-state index contributed by atoms with van der Waals surface area (Å²) in [5.41, 5.74) is -1.14. The molecule has 0 aliphatic carbocycles. The van der Waals surface area contributed by atoms with E-state index in [0.717, 1.165) is 29.3 Å². The van der Waals surface area contributed by atoms with Crippen molar-refractivity contribution in [1.82, 2.24) is 9.80 Å². The van der Waals surface area contributed by atoms with Crippen LogP contribution in [0.2, 0.25) is 0 Å². The number of nitrogens with zero attached hydrogens (tertiary/aromatic N) is 3. The lowest BCUT2D eigenvalue weighted by atomic mass is 9.64. The van der Waals surface area contributed by atoms with Gasteiger partial charge in [0.1, 0.15) is 11.6 Å². The minimum absolute atomic E-state index is 0.129. The number of unbranched alkanes of at least 4 members (excludes halogenated alkanes) is 3. The molecule has 1 spiro atoms. The standard InChI is InChI=1S/C35H45N3O5/c1-5-20-36(4)31(40)28-29-32(41)38(22-12-8-9-13-23-39)30(35(29)19-18-34(28,7-3)43-35)33(42)37(21-6-2)27-17-16-25-14-10-11-15-26(25)24-27/h5-6,10-11,14-17,24,28-30,39H,1-2,7-9,12-13,18-23H2,3-4H3/t28-,29-,30?,34+,35?/m0/s1. The van der Waals surface area contributed by atoms with Gasteiger partial charge in [-0.15, -0.1) is 13.2 Å². The Morgan fingerprint density at radius 2 is 1.74 bits per heavy atom. The van der Waals surface area contributed by atoms with Gasteiger partial charge in [-0.2, -0.15) is 0 Å². The summed E-state index contributed by atoms with van der Waals surface area (Å²) < 4.78 is 6.95. The number of ether oxygens (including phenoxy) is 1. The molecule has 5 rings (SSSR count). The second-order valence-electron chi connectivity index (χ2n) is 12.3. The molecule has 2 bridgehead atoms. The third kappa shape index (κ3) is 5.18. The topological polar surface area (TPSA) is 90.4 Å². The molecule has 3 saturated heterocycles. The van der Waals surface area contributed by atoms with Crippen molar-refractivity contribution in [3.05, 3.63) is 67.8 Å². The summed E-state index contributed by atoms with van der Waals surface area (Å²) in [5, 5.41) is 11.3. The van der Waals surface area contributed by atoms with Crippen LogP contribution in [0.3, 0.4) is 0 Å². The predicted molar refractivity (Wildman–Crippen MR) is 168 cm³/mol. The van der Waals surface area contributed by atoms with Gasteiger partial charge in [0.2, 0.25) is 11.8 Å². The Hall–Kier alpha value is -3.49. The van der Waals surface area contributed by atoms with Crippen LogP contribution < -0.4 is 4.90 Å². The Bertz CT molecular complexity index is 1390. The van der Waals surface area contributed by atoms with Crippen molar-refractivity contribution in [2.45, 2.75) is 69.1 Å². The first kappa shape index (κ1) is 31.0. The van der Waals surface area contributed by atoms with Crippen LogP contribution in [0.4, 0.5) is 5.69 Å². The first-order valence-corrected chi connectivity index (χ1v) is 15.7. The molecule has 8 heteroatoms. The first-order chi connectivity index (χ1) is 20.8. The van der Waals surface area contributed by atoms with E-state index < -0.39 is 29.1 Å². The van der Waals surface area contributed by atoms with Crippen LogP contribution in [0.5, 0.6) is 0 Å². The molecule has 8 nitrogen and oxygen atoms in total. The molecule has 3 aliphatic rings. The van der Waals surface area contributed by atoms with E-state index in [2.05, 4.69) is 13.2 Å². The number of hydrogen-bond acceptors (Lipinski definition) is 5. The number of likely N-dealkylation sites (N-methyl/N-ethyl adjacent to an activating group) is 1. The highest BCUT2D eigenvalue weighted by Crippen LogP contribution is 2.64. The fraction of sp³-hybridized carbons (Fsp3) is 0.514. The van der Waals surface area contributed by atoms with Crippen molar-refractivity contribution in [2.24, 2.45) is 11.8 Å². The third-order valence-corrected chi connectivity index (χ3v) is 9.89. The third-order valence-electron chi connectivity index (χ3n) is 9.89. The van der Waals surface area contributed by atoms with Crippen molar-refractivity contribution >= 4 is 34.2 Å². The van der Waals surface area contributed by atoms with Crippen molar-refractivity contribution < 1.29 is 24.2 Å². The zero-order chi connectivity index (χ0) is 30.8. The Morgan fingerprint density at radius 3 is 2.44 bits per heavy atom. The Balaban J connectivity index is 1.57. The molecule has 3 aliphatic heterocycles. The van der Waals surface area contributed by atoms with E-state index in [1.807, 2.05) is 49.4 Å². The molecular weight excluding hydrogens is 542 g/mol. The Labute approximate surface area is 255 Å². The first-order valence-electron chi connectivity index (χ1n) is 15.7. The molecule has 5 atom stereocenters. The summed E-state index contributed by atoms with van der Waals surface area (Å²) in [6.45, 7) is 10.9. The maximum absolute atomic E-state index is 14.9. The molecular formula is C35H45N3O5. The van der Waals surface area contributed by atoms with Crippen molar-refractivity contribution in [1.29, 1.82) is 0 Å². The lowest BCUT2D eigenvalue weighted by molar-refractivity contribution is -0.150. The lowest BCUT2D eigenvalue weighted by Crippen LogP contribution is -2.56. The van der Waals surface area contributed by atoms with Gasteiger partial charge >= 0.3 is 0 Å². The molecule has 43 heavy (non-hydrogen) atoms. The average molecular weight is 588 g/mol. The van der Waals surface area contributed by atoms with E-state index >= 15 is 0 Å². The summed E-state index contributed by atoms with van der Waals surface area (Å²) in [6.07, 6.45) is 8.20. The number of carbonyl (C=O) groups excluding carboxylic acids is 3. The number of fused-ring (bicyclic) bond motifs is 2. The molecule has 230 valence electrons. The lowest BCUT2D eigenvalue weighted by Gasteiger charge is -2.37. The van der Waals surface area contributed by atoms with Crippen LogP contribution in [0, 0.1) is 11.8 Å². The van der Waals surface area contributed by atoms with Gasteiger partial charge in [-0.05, 0) is 55.0 Å². The van der Waals surface area contributed by atoms with Crippen molar-refractivity contribution in [3.8, 4) is 0 Å². The molecule has 0 aromatic heterocycles. The molecule has 3 fully saturated rings. The summed E-state index contributed by atoms with van der Waals surface area (Å²) in [4.78, 5) is 48.3. The number of aliphatic hydroxyl groups excluding tert-OH is 1. The highest BCUT2D eigenvalue weighted by molar-refractivity contribution is 6.06. The zero-order valence-electron chi connectivity index (χ0n) is 25.5. The normalized spacial score (nSPS) is 27.4. The maximum Gasteiger partial charge on any atom is 0.253 e. The van der Waals surface area contributed by atoms with Crippen LogP contribution >= 0.6 is 0 Å². The molecule has 0 radical (unpaired) electrons. The van der Waals surface area contributed by atoms with E-state index in [4.69, 9.17) is 4.74 Å². The second-order valence-corrected chi connectivity index (χ2v) is 12.3. The summed E-state index contributed by atoms with van der Waals surface area (Å²) in [6, 6.07) is 13.1. The van der Waals surface area contributed by atoms with Gasteiger partial charge in [-0.1, -0.05) is 62.2 Å². The van der Waals surface area contributed by atoms with E-state index in [1.165, 1.54) is 0 Å². The SMILES string of the molecule is C=CCN(C)C(=O)[C@@H]1[C@H]2C(=O)N(CCCCCCO)C(C(=O)N(CC=C)c3ccc4ccccc4c3)C23CC[C@@]1(CC)O3. The predicted octanol–water partition coefficient (Wildman–Crippen LogP) is 4.71. The zero-order valence-corrected chi connectivity index (χ0v) is 25.5. The number of aliphatic hydroxyl groups is 1. The Morgan fingerprint density at radius 1 is 1.02 bits per heavy atom. The average Bonchev–Trinajstić information content (AvgIpc) is 3.62. The molecule has 2 aromatic rings. The second kappa shape index (κ2) is 12.6. The molecule has 0 saturated carbocycles. The number of carbonyl (C=O) groups is 3. The van der Waals surface area contributed by atoms with Crippen LogP contribution in [-0.2, 0) is 19.1 Å². The number of hydrogen-bond donors (Lipinski definition) is 1. The van der Waals surface area contributed by atoms with E-state index in [0.29, 0.717) is 45.2 Å². The van der Waals surface area contributed by atoms with Gasteiger partial charge in [0.25, 0.3) is 5.91 Å². The number of anilines is 1. The van der Waals surface area contributed by atoms with Crippen LogP contribution in [0.1, 0.15) is 51.9 Å². The number of amides is 3. The molecule has 3 amide bonds. The van der Waals surface area contributed by atoms with E-state index in [1.54, 1.807) is 33.9 Å². The van der Waals surface area contributed by atoms with Crippen molar-refractivity contribution in [2.75, 3.05) is 38.2 Å². The number of benzene rings is 2. The largest absolute Gasteiger partial charge is 0.396 e. The quantitative estimate of drug-likeness (QED) is 0.255. The number of likely N-dealkylation sites (tertiary alicyclic amines) is 1. The van der Waals surface area contributed by atoms with Crippen molar-refractivity contribution in [3.63, 3.8) is 0 Å². The van der Waals surface area contributed by atoms with Gasteiger partial charge in [-0.3, -0.25) is 14.4 Å². The van der Waals surface area contributed by atoms with Crippen LogP contribution in [-0.4, -0.2) is 83.2 Å². The van der Waals surface area contributed by atoms with Gasteiger partial charge in [-0.25, -0.2) is 0 Å². The van der Waals surface area contributed by atoms with Gasteiger partial charge in [0, 0.05) is 39.0 Å². The summed E-state index contributed by atoms with van der Waals surface area (Å²) in [5.74, 6) is -1.89. The monoisotopic (exact) mass is 587 g/mol. The fourth-order valence-corrected chi connectivity index (χ4v) is 7.83. The van der Waals surface area contributed by atoms with Crippen LogP contribution in [0.25, 0.3) is 10.8 Å². The van der Waals surface area contributed by atoms with Gasteiger partial charge < -0.3 is 24.5 Å². The highest BCUT2D eigenvalue weighted by Gasteiger charge is 2.78. The summed E-state index contributed by atoms with van der Waals surface area (Å²) >= 11 is 0. The van der Waals surface area contributed by atoms with Gasteiger partial charge in [0.05, 0.1) is 17.4 Å². The van der Waals surface area contributed by atoms with Crippen LogP contribution in [0.15, 0.2) is 67.8 Å². The fourth-order valence-electron chi connectivity index (χ4n) is 7.83.